The molecule has 4 rings (SSSR count). The SMILES string of the molecule is CCCCc1ccc(Nc2nc(N)c3ncn([C@@H]4C[C@H](CO)[C@@H](O)[C@@H]4O)c3n2)cc1. The van der Waals surface area contributed by atoms with Crippen LogP contribution in [-0.2, 0) is 6.42 Å². The fourth-order valence-electron chi connectivity index (χ4n) is 4.06. The number of aliphatic hydroxyl groups is 3. The molecule has 0 amide bonds. The van der Waals surface area contributed by atoms with E-state index in [1.54, 1.807) is 10.9 Å². The number of hydrogen-bond acceptors (Lipinski definition) is 8. The van der Waals surface area contributed by atoms with Gasteiger partial charge in [-0.1, -0.05) is 25.5 Å². The minimum Gasteiger partial charge on any atom is -0.396 e. The number of aliphatic hydroxyl groups excluding tert-OH is 3. The van der Waals surface area contributed by atoms with Crippen molar-refractivity contribution in [2.45, 2.75) is 50.9 Å². The Morgan fingerprint density at radius 3 is 2.60 bits per heavy atom. The zero-order chi connectivity index (χ0) is 21.3. The lowest BCUT2D eigenvalue weighted by Gasteiger charge is -2.18. The second-order valence-electron chi connectivity index (χ2n) is 7.91. The summed E-state index contributed by atoms with van der Waals surface area (Å²) < 4.78 is 1.70. The van der Waals surface area contributed by atoms with Crippen molar-refractivity contribution in [2.75, 3.05) is 17.7 Å². The van der Waals surface area contributed by atoms with Gasteiger partial charge in [-0.05, 0) is 37.0 Å². The lowest BCUT2D eigenvalue weighted by atomic mass is 10.1. The minimum atomic E-state index is -1.03. The van der Waals surface area contributed by atoms with Gasteiger partial charge in [0.25, 0.3) is 0 Å². The second kappa shape index (κ2) is 8.55. The first kappa shape index (κ1) is 20.5. The summed E-state index contributed by atoms with van der Waals surface area (Å²) in [4.78, 5) is 13.2. The number of anilines is 3. The number of nitrogen functional groups attached to an aromatic ring is 1. The van der Waals surface area contributed by atoms with Crippen molar-refractivity contribution in [3.8, 4) is 0 Å². The molecule has 0 bridgehead atoms. The number of benzene rings is 1. The van der Waals surface area contributed by atoms with Crippen molar-refractivity contribution >= 4 is 28.6 Å². The van der Waals surface area contributed by atoms with Crippen molar-refractivity contribution < 1.29 is 15.3 Å². The average molecular weight is 412 g/mol. The van der Waals surface area contributed by atoms with E-state index in [9.17, 15) is 15.3 Å². The van der Waals surface area contributed by atoms with Gasteiger partial charge in [-0.15, -0.1) is 0 Å². The Balaban J connectivity index is 1.61. The Hall–Kier alpha value is -2.75. The van der Waals surface area contributed by atoms with Crippen molar-refractivity contribution in [1.29, 1.82) is 0 Å². The number of hydrogen-bond donors (Lipinski definition) is 5. The van der Waals surface area contributed by atoms with E-state index in [1.165, 1.54) is 5.56 Å². The number of imidazole rings is 1. The van der Waals surface area contributed by atoms with Crippen LogP contribution in [0.1, 0.15) is 37.8 Å². The first-order valence-electron chi connectivity index (χ1n) is 10.3. The third kappa shape index (κ3) is 3.83. The molecule has 2 aromatic heterocycles. The van der Waals surface area contributed by atoms with Gasteiger partial charge in [0.2, 0.25) is 5.95 Å². The molecule has 30 heavy (non-hydrogen) atoms. The standard InChI is InChI=1S/C21H28N6O3/c1-2-3-4-12-5-7-14(8-6-12)24-21-25-19(22)16-20(26-21)27(11-23-16)15-9-13(10-28)17(29)18(15)30/h5-8,11,13,15,17-18,28-30H,2-4,9-10H2,1H3,(H3,22,24,25,26)/t13-,15-,17-,18-/m1/s1. The van der Waals surface area contributed by atoms with Crippen LogP contribution in [0.2, 0.25) is 0 Å². The number of fused-ring (bicyclic) bond motifs is 1. The van der Waals surface area contributed by atoms with E-state index >= 15 is 0 Å². The predicted molar refractivity (Wildman–Crippen MR) is 114 cm³/mol. The second-order valence-corrected chi connectivity index (χ2v) is 7.91. The number of nitrogens with one attached hydrogen (secondary N) is 1. The van der Waals surface area contributed by atoms with Gasteiger partial charge in [-0.25, -0.2) is 4.98 Å². The molecule has 0 unspecified atom stereocenters. The van der Waals surface area contributed by atoms with E-state index in [0.717, 1.165) is 24.9 Å². The van der Waals surface area contributed by atoms with Gasteiger partial charge >= 0.3 is 0 Å². The van der Waals surface area contributed by atoms with Crippen LogP contribution >= 0.6 is 0 Å². The largest absolute Gasteiger partial charge is 0.396 e. The molecule has 2 heterocycles. The Kier molecular flexibility index (Phi) is 5.85. The van der Waals surface area contributed by atoms with E-state index in [4.69, 9.17) is 5.73 Å². The number of aryl methyl sites for hydroxylation is 1. The summed E-state index contributed by atoms with van der Waals surface area (Å²) in [6.45, 7) is 1.98. The van der Waals surface area contributed by atoms with Crippen LogP contribution in [0.25, 0.3) is 11.2 Å². The Morgan fingerprint density at radius 1 is 1.17 bits per heavy atom. The molecule has 1 aliphatic carbocycles. The molecule has 0 saturated heterocycles. The summed E-state index contributed by atoms with van der Waals surface area (Å²) in [7, 11) is 0. The third-order valence-electron chi connectivity index (χ3n) is 5.84. The van der Waals surface area contributed by atoms with E-state index in [2.05, 4.69) is 39.3 Å². The maximum atomic E-state index is 10.5. The van der Waals surface area contributed by atoms with Crippen molar-refractivity contribution in [3.05, 3.63) is 36.2 Å². The van der Waals surface area contributed by atoms with Crippen molar-refractivity contribution in [1.82, 2.24) is 19.5 Å². The van der Waals surface area contributed by atoms with Crippen LogP contribution in [-0.4, -0.2) is 53.7 Å². The lowest BCUT2D eigenvalue weighted by Crippen LogP contribution is -2.30. The average Bonchev–Trinajstić information content (AvgIpc) is 3.29. The normalized spacial score (nSPS) is 23.9. The first-order valence-corrected chi connectivity index (χ1v) is 10.3. The minimum absolute atomic E-state index is 0.195. The van der Waals surface area contributed by atoms with Crippen LogP contribution in [0.3, 0.4) is 0 Å². The molecule has 9 heteroatoms. The van der Waals surface area contributed by atoms with Crippen LogP contribution in [0.15, 0.2) is 30.6 Å². The molecule has 1 aliphatic rings. The third-order valence-corrected chi connectivity index (χ3v) is 5.84. The fraction of sp³-hybridized carbons (Fsp3) is 0.476. The molecule has 0 aliphatic heterocycles. The molecule has 160 valence electrons. The number of nitrogens with zero attached hydrogens (tertiary/aromatic N) is 4. The van der Waals surface area contributed by atoms with E-state index in [0.29, 0.717) is 23.5 Å². The quantitative estimate of drug-likeness (QED) is 0.395. The lowest BCUT2D eigenvalue weighted by molar-refractivity contribution is -0.00370. The maximum absolute atomic E-state index is 10.5. The summed E-state index contributed by atoms with van der Waals surface area (Å²) in [5, 5.41) is 33.2. The number of unbranched alkanes of at least 4 members (excludes halogenated alkanes) is 1. The predicted octanol–water partition coefficient (Wildman–Crippen LogP) is 1.77. The highest BCUT2D eigenvalue weighted by Gasteiger charge is 2.42. The molecule has 0 radical (unpaired) electrons. The molecule has 1 aromatic carbocycles. The van der Waals surface area contributed by atoms with Crippen LogP contribution < -0.4 is 11.1 Å². The van der Waals surface area contributed by atoms with E-state index in [-0.39, 0.29) is 12.4 Å². The number of aromatic nitrogens is 4. The van der Waals surface area contributed by atoms with Crippen LogP contribution in [0.4, 0.5) is 17.5 Å². The Bertz CT molecular complexity index is 1010. The van der Waals surface area contributed by atoms with Gasteiger partial charge < -0.3 is 30.9 Å². The zero-order valence-electron chi connectivity index (χ0n) is 16.9. The molecule has 9 nitrogen and oxygen atoms in total. The molecule has 6 N–H and O–H groups in total. The highest BCUT2D eigenvalue weighted by Crippen LogP contribution is 2.37. The molecule has 1 saturated carbocycles. The fourth-order valence-corrected chi connectivity index (χ4v) is 4.06. The number of rotatable bonds is 7. The highest BCUT2D eigenvalue weighted by molar-refractivity contribution is 5.83. The molecular formula is C21H28N6O3. The van der Waals surface area contributed by atoms with Crippen molar-refractivity contribution in [2.24, 2.45) is 5.92 Å². The van der Waals surface area contributed by atoms with E-state index in [1.807, 2.05) is 12.1 Å². The summed E-state index contributed by atoms with van der Waals surface area (Å²) in [5.74, 6) is 0.160. The summed E-state index contributed by atoms with van der Waals surface area (Å²) in [5.41, 5.74) is 9.13. The summed E-state index contributed by atoms with van der Waals surface area (Å²) >= 11 is 0. The molecule has 0 spiro atoms. The smallest absolute Gasteiger partial charge is 0.231 e. The molecule has 4 atom stereocenters. The van der Waals surface area contributed by atoms with Crippen LogP contribution in [0.5, 0.6) is 0 Å². The van der Waals surface area contributed by atoms with E-state index < -0.39 is 24.2 Å². The summed E-state index contributed by atoms with van der Waals surface area (Å²) in [6, 6.07) is 7.66. The zero-order valence-corrected chi connectivity index (χ0v) is 16.9. The number of nitrogens with two attached hydrogens (primary N) is 1. The highest BCUT2D eigenvalue weighted by atomic mass is 16.3. The first-order chi connectivity index (χ1) is 14.5. The van der Waals surface area contributed by atoms with Crippen LogP contribution in [0, 0.1) is 5.92 Å². The molecular weight excluding hydrogens is 384 g/mol. The van der Waals surface area contributed by atoms with Gasteiger partial charge in [0.05, 0.1) is 18.5 Å². The van der Waals surface area contributed by atoms with Gasteiger partial charge in [0, 0.05) is 18.2 Å². The van der Waals surface area contributed by atoms with Gasteiger partial charge in [0.15, 0.2) is 11.5 Å². The van der Waals surface area contributed by atoms with Gasteiger partial charge in [-0.3, -0.25) is 0 Å². The van der Waals surface area contributed by atoms with Crippen molar-refractivity contribution in [3.63, 3.8) is 0 Å². The van der Waals surface area contributed by atoms with Gasteiger partial charge in [0.1, 0.15) is 11.6 Å². The Morgan fingerprint density at radius 2 is 1.93 bits per heavy atom. The monoisotopic (exact) mass is 412 g/mol. The van der Waals surface area contributed by atoms with Gasteiger partial charge in [-0.2, -0.15) is 9.97 Å². The molecule has 1 fully saturated rings. The maximum Gasteiger partial charge on any atom is 0.231 e. The Labute approximate surface area is 174 Å². The molecule has 3 aromatic rings. The topological polar surface area (TPSA) is 142 Å². The summed E-state index contributed by atoms with van der Waals surface area (Å²) in [6.07, 6.45) is 3.30.